The van der Waals surface area contributed by atoms with E-state index in [0.717, 1.165) is 18.3 Å². The van der Waals surface area contributed by atoms with E-state index in [2.05, 4.69) is 25.9 Å². The van der Waals surface area contributed by atoms with Gasteiger partial charge in [-0.2, -0.15) is 0 Å². The Hall–Kier alpha value is -0.300. The molecule has 1 aliphatic rings. The fraction of sp³-hybridized carbons (Fsp3) is 0.846. The summed E-state index contributed by atoms with van der Waals surface area (Å²) in [4.78, 5) is 0. The second-order valence-electron chi connectivity index (χ2n) is 4.67. The van der Waals surface area contributed by atoms with Crippen LogP contribution >= 0.6 is 0 Å². The largest absolute Gasteiger partial charge is 0.319 e. The van der Waals surface area contributed by atoms with E-state index in [9.17, 15) is 0 Å². The Balaban J connectivity index is 2.41. The van der Waals surface area contributed by atoms with Crippen molar-refractivity contribution < 1.29 is 0 Å². The van der Waals surface area contributed by atoms with Gasteiger partial charge < -0.3 is 5.32 Å². The molecule has 0 bridgehead atoms. The summed E-state index contributed by atoms with van der Waals surface area (Å²) in [6.45, 7) is 7.56. The predicted molar refractivity (Wildman–Crippen MR) is 63.4 cm³/mol. The Morgan fingerprint density at radius 1 is 1.29 bits per heavy atom. The Kier molecular flexibility index (Phi) is 5.24. The summed E-state index contributed by atoms with van der Waals surface area (Å²) < 4.78 is 0. The first-order valence-corrected chi connectivity index (χ1v) is 6.09. The van der Waals surface area contributed by atoms with Crippen LogP contribution in [0, 0.1) is 11.8 Å². The molecular formula is C13H25N. The van der Waals surface area contributed by atoms with Gasteiger partial charge in [-0.25, -0.2) is 0 Å². The maximum Gasteiger partial charge on any atom is -0.00208 e. The third kappa shape index (κ3) is 3.45. The first-order chi connectivity index (χ1) is 6.77. The first-order valence-electron chi connectivity index (χ1n) is 6.09. The molecule has 0 saturated heterocycles. The predicted octanol–water partition coefficient (Wildman–Crippen LogP) is 3.37. The normalized spacial score (nSPS) is 27.6. The Bertz CT molecular complexity index is 172. The van der Waals surface area contributed by atoms with Crippen molar-refractivity contribution in [2.75, 3.05) is 13.6 Å². The van der Waals surface area contributed by atoms with Crippen LogP contribution in [0.2, 0.25) is 0 Å². The minimum atomic E-state index is 0.900. The number of hydrogen-bond donors (Lipinski definition) is 1. The third-order valence-electron chi connectivity index (χ3n) is 3.58. The van der Waals surface area contributed by atoms with Crippen molar-refractivity contribution in [1.29, 1.82) is 0 Å². The van der Waals surface area contributed by atoms with Crippen molar-refractivity contribution in [3.05, 3.63) is 12.2 Å². The van der Waals surface area contributed by atoms with Gasteiger partial charge in [0.2, 0.25) is 0 Å². The highest BCUT2D eigenvalue weighted by molar-refractivity contribution is 4.96. The van der Waals surface area contributed by atoms with Gasteiger partial charge in [0.15, 0.2) is 0 Å². The quantitative estimate of drug-likeness (QED) is 0.663. The highest BCUT2D eigenvalue weighted by atomic mass is 14.8. The highest BCUT2D eigenvalue weighted by Crippen LogP contribution is 2.34. The van der Waals surface area contributed by atoms with Crippen LogP contribution < -0.4 is 5.32 Å². The lowest BCUT2D eigenvalue weighted by Crippen LogP contribution is -2.28. The zero-order valence-electron chi connectivity index (χ0n) is 9.81. The fourth-order valence-electron chi connectivity index (χ4n) is 2.60. The first kappa shape index (κ1) is 11.8. The summed E-state index contributed by atoms with van der Waals surface area (Å²) in [6, 6.07) is 0. The Morgan fingerprint density at radius 3 is 2.50 bits per heavy atom. The summed E-state index contributed by atoms with van der Waals surface area (Å²) in [5.74, 6) is 1.81. The van der Waals surface area contributed by atoms with Gasteiger partial charge in [-0.15, -0.1) is 0 Å². The summed E-state index contributed by atoms with van der Waals surface area (Å²) in [5, 5.41) is 3.33. The van der Waals surface area contributed by atoms with Crippen molar-refractivity contribution in [1.82, 2.24) is 5.32 Å². The molecule has 0 aliphatic heterocycles. The molecule has 1 heteroatoms. The fourth-order valence-corrected chi connectivity index (χ4v) is 2.60. The van der Waals surface area contributed by atoms with E-state index in [4.69, 9.17) is 0 Å². The SMILES string of the molecule is C=C(CC)CC1CCCCC1CNC. The molecule has 1 saturated carbocycles. The van der Waals surface area contributed by atoms with Crippen molar-refractivity contribution in [3.8, 4) is 0 Å². The molecule has 1 fully saturated rings. The van der Waals surface area contributed by atoms with E-state index >= 15 is 0 Å². The molecule has 1 rings (SSSR count). The number of hydrogen-bond acceptors (Lipinski definition) is 1. The molecule has 1 aliphatic carbocycles. The average Bonchev–Trinajstić information content (AvgIpc) is 2.21. The molecule has 14 heavy (non-hydrogen) atoms. The summed E-state index contributed by atoms with van der Waals surface area (Å²) in [7, 11) is 2.07. The van der Waals surface area contributed by atoms with Gasteiger partial charge in [0, 0.05) is 0 Å². The number of allylic oxidation sites excluding steroid dienone is 1. The van der Waals surface area contributed by atoms with Crippen LogP contribution in [-0.4, -0.2) is 13.6 Å². The molecule has 0 aromatic heterocycles. The molecule has 0 heterocycles. The maximum absolute atomic E-state index is 4.14. The van der Waals surface area contributed by atoms with Crippen molar-refractivity contribution in [2.45, 2.75) is 45.4 Å². The molecule has 0 amide bonds. The van der Waals surface area contributed by atoms with Crippen LogP contribution in [0.25, 0.3) is 0 Å². The molecule has 1 nitrogen and oxygen atoms in total. The van der Waals surface area contributed by atoms with E-state index in [-0.39, 0.29) is 0 Å². The van der Waals surface area contributed by atoms with Crippen LogP contribution in [0.3, 0.4) is 0 Å². The van der Waals surface area contributed by atoms with Crippen LogP contribution in [0.4, 0.5) is 0 Å². The molecular weight excluding hydrogens is 170 g/mol. The second-order valence-corrected chi connectivity index (χ2v) is 4.67. The van der Waals surface area contributed by atoms with E-state index in [1.807, 2.05) is 0 Å². The standard InChI is InChI=1S/C13H25N/c1-4-11(2)9-12-7-5-6-8-13(12)10-14-3/h12-14H,2,4-10H2,1,3H3. The van der Waals surface area contributed by atoms with Crippen molar-refractivity contribution >= 4 is 0 Å². The lowest BCUT2D eigenvalue weighted by atomic mass is 9.76. The lowest BCUT2D eigenvalue weighted by molar-refractivity contribution is 0.231. The summed E-state index contributed by atoms with van der Waals surface area (Å²) in [5.41, 5.74) is 1.44. The number of nitrogens with one attached hydrogen (secondary N) is 1. The van der Waals surface area contributed by atoms with Crippen molar-refractivity contribution in [2.24, 2.45) is 11.8 Å². The van der Waals surface area contributed by atoms with E-state index < -0.39 is 0 Å². The molecule has 2 atom stereocenters. The molecule has 1 N–H and O–H groups in total. The van der Waals surface area contributed by atoms with E-state index in [1.54, 1.807) is 0 Å². The van der Waals surface area contributed by atoms with Crippen LogP contribution in [0.5, 0.6) is 0 Å². The van der Waals surface area contributed by atoms with Crippen LogP contribution in [0.15, 0.2) is 12.2 Å². The average molecular weight is 195 g/mol. The van der Waals surface area contributed by atoms with Gasteiger partial charge in [0.05, 0.1) is 0 Å². The monoisotopic (exact) mass is 195 g/mol. The zero-order chi connectivity index (χ0) is 10.4. The third-order valence-corrected chi connectivity index (χ3v) is 3.58. The van der Waals surface area contributed by atoms with Gasteiger partial charge in [0.1, 0.15) is 0 Å². The van der Waals surface area contributed by atoms with Gasteiger partial charge in [-0.05, 0) is 51.1 Å². The molecule has 0 aromatic carbocycles. The zero-order valence-corrected chi connectivity index (χ0v) is 9.81. The molecule has 0 radical (unpaired) electrons. The molecule has 82 valence electrons. The Labute approximate surface area is 89.0 Å². The molecule has 0 aromatic rings. The molecule has 2 unspecified atom stereocenters. The smallest absolute Gasteiger partial charge is 0.00208 e. The van der Waals surface area contributed by atoms with Crippen LogP contribution in [-0.2, 0) is 0 Å². The van der Waals surface area contributed by atoms with Gasteiger partial charge in [0.25, 0.3) is 0 Å². The van der Waals surface area contributed by atoms with Gasteiger partial charge in [-0.3, -0.25) is 0 Å². The maximum atomic E-state index is 4.14. The van der Waals surface area contributed by atoms with E-state index in [0.29, 0.717) is 0 Å². The van der Waals surface area contributed by atoms with Gasteiger partial charge in [-0.1, -0.05) is 31.9 Å². The second kappa shape index (κ2) is 6.23. The summed E-state index contributed by atoms with van der Waals surface area (Å²) in [6.07, 6.45) is 8.13. The lowest BCUT2D eigenvalue weighted by Gasteiger charge is -2.32. The highest BCUT2D eigenvalue weighted by Gasteiger charge is 2.24. The topological polar surface area (TPSA) is 12.0 Å². The summed E-state index contributed by atoms with van der Waals surface area (Å²) >= 11 is 0. The minimum absolute atomic E-state index is 0.900. The van der Waals surface area contributed by atoms with Gasteiger partial charge >= 0.3 is 0 Å². The minimum Gasteiger partial charge on any atom is -0.319 e. The van der Waals surface area contributed by atoms with Crippen molar-refractivity contribution in [3.63, 3.8) is 0 Å². The molecule has 0 spiro atoms. The van der Waals surface area contributed by atoms with E-state index in [1.165, 1.54) is 44.2 Å². The van der Waals surface area contributed by atoms with Crippen LogP contribution in [0.1, 0.15) is 45.4 Å². The number of rotatable bonds is 5. The Morgan fingerprint density at radius 2 is 1.93 bits per heavy atom.